The zero-order valence-electron chi connectivity index (χ0n) is 11.7. The van der Waals surface area contributed by atoms with Crippen molar-refractivity contribution in [3.63, 3.8) is 0 Å². The summed E-state index contributed by atoms with van der Waals surface area (Å²) in [5.41, 5.74) is 2.61. The van der Waals surface area contributed by atoms with Gasteiger partial charge in [-0.15, -0.1) is 0 Å². The Balaban J connectivity index is 2.24. The highest BCUT2D eigenvalue weighted by Crippen LogP contribution is 2.25. The summed E-state index contributed by atoms with van der Waals surface area (Å²) >= 11 is 0. The van der Waals surface area contributed by atoms with E-state index in [2.05, 4.69) is 48.8 Å². The fourth-order valence-electron chi connectivity index (χ4n) is 2.32. The molecule has 0 aliphatic carbocycles. The molecule has 1 heterocycles. The average molecular weight is 246 g/mol. The van der Waals surface area contributed by atoms with Gasteiger partial charge in [0.1, 0.15) is 5.75 Å². The number of rotatable bonds is 5. The van der Waals surface area contributed by atoms with Crippen LogP contribution < -0.4 is 4.74 Å². The molecule has 98 valence electrons. The van der Waals surface area contributed by atoms with E-state index in [0.717, 1.165) is 18.8 Å². The standard InChI is InChI=1S/C15H22N2O/c1-12-11-17(9-5-8-16(2)3)15-7-6-13(18-4)10-14(12)15/h6-7,10-11H,5,8-9H2,1-4H3. The second-order valence-electron chi connectivity index (χ2n) is 5.05. The summed E-state index contributed by atoms with van der Waals surface area (Å²) in [6.07, 6.45) is 3.40. The molecule has 3 heteroatoms. The zero-order chi connectivity index (χ0) is 13.1. The zero-order valence-corrected chi connectivity index (χ0v) is 11.7. The third kappa shape index (κ3) is 2.67. The maximum absolute atomic E-state index is 5.28. The van der Waals surface area contributed by atoms with Gasteiger partial charge in [0.25, 0.3) is 0 Å². The normalized spacial score (nSPS) is 11.4. The van der Waals surface area contributed by atoms with Crippen molar-refractivity contribution in [2.24, 2.45) is 0 Å². The van der Waals surface area contributed by atoms with Crippen molar-refractivity contribution in [1.82, 2.24) is 9.47 Å². The van der Waals surface area contributed by atoms with E-state index in [-0.39, 0.29) is 0 Å². The lowest BCUT2D eigenvalue weighted by Crippen LogP contribution is -2.14. The molecule has 0 aliphatic rings. The minimum absolute atomic E-state index is 0.927. The molecule has 0 fully saturated rings. The van der Waals surface area contributed by atoms with Crippen LogP contribution in [0.2, 0.25) is 0 Å². The molecule has 0 radical (unpaired) electrons. The fourth-order valence-corrected chi connectivity index (χ4v) is 2.32. The van der Waals surface area contributed by atoms with Gasteiger partial charge in [0.15, 0.2) is 0 Å². The van der Waals surface area contributed by atoms with E-state index in [1.807, 2.05) is 6.07 Å². The van der Waals surface area contributed by atoms with Gasteiger partial charge < -0.3 is 14.2 Å². The Morgan fingerprint density at radius 1 is 1.28 bits per heavy atom. The summed E-state index contributed by atoms with van der Waals surface area (Å²) < 4.78 is 7.62. The van der Waals surface area contributed by atoms with Gasteiger partial charge in [-0.1, -0.05) is 0 Å². The Morgan fingerprint density at radius 3 is 2.72 bits per heavy atom. The predicted octanol–water partition coefficient (Wildman–Crippen LogP) is 2.91. The number of hydrogen-bond acceptors (Lipinski definition) is 2. The SMILES string of the molecule is COc1ccc2c(c1)c(C)cn2CCCN(C)C. The van der Waals surface area contributed by atoms with Gasteiger partial charge in [0, 0.05) is 23.6 Å². The summed E-state index contributed by atoms with van der Waals surface area (Å²) in [5, 5.41) is 1.29. The predicted molar refractivity (Wildman–Crippen MR) is 76.4 cm³/mol. The molecule has 1 aromatic carbocycles. The molecule has 0 saturated carbocycles. The van der Waals surface area contributed by atoms with Gasteiger partial charge in [-0.2, -0.15) is 0 Å². The number of methoxy groups -OCH3 is 1. The maximum Gasteiger partial charge on any atom is 0.119 e. The highest BCUT2D eigenvalue weighted by atomic mass is 16.5. The summed E-state index contributed by atoms with van der Waals surface area (Å²) in [6.45, 7) is 4.34. The molecule has 0 N–H and O–H groups in total. The fraction of sp³-hybridized carbons (Fsp3) is 0.467. The first-order valence-electron chi connectivity index (χ1n) is 6.40. The molecule has 0 spiro atoms. The van der Waals surface area contributed by atoms with Crippen LogP contribution in [0.15, 0.2) is 24.4 Å². The Labute approximate surface area is 109 Å². The van der Waals surface area contributed by atoms with E-state index in [1.54, 1.807) is 7.11 Å². The first kappa shape index (κ1) is 13.0. The van der Waals surface area contributed by atoms with E-state index in [1.165, 1.54) is 22.9 Å². The number of fused-ring (bicyclic) bond motifs is 1. The van der Waals surface area contributed by atoms with Gasteiger partial charge >= 0.3 is 0 Å². The molecule has 0 aliphatic heterocycles. The second kappa shape index (κ2) is 5.44. The average Bonchev–Trinajstić information content (AvgIpc) is 2.65. The van der Waals surface area contributed by atoms with Crippen molar-refractivity contribution in [2.45, 2.75) is 19.9 Å². The first-order valence-corrected chi connectivity index (χ1v) is 6.40. The summed E-state index contributed by atoms with van der Waals surface area (Å²) in [5.74, 6) is 0.927. The van der Waals surface area contributed by atoms with Crippen LogP contribution in [-0.4, -0.2) is 37.2 Å². The van der Waals surface area contributed by atoms with Crippen LogP contribution in [0.1, 0.15) is 12.0 Å². The van der Waals surface area contributed by atoms with E-state index < -0.39 is 0 Å². The van der Waals surface area contributed by atoms with Crippen LogP contribution in [-0.2, 0) is 6.54 Å². The Hall–Kier alpha value is -1.48. The Morgan fingerprint density at radius 2 is 2.06 bits per heavy atom. The van der Waals surface area contributed by atoms with Crippen LogP contribution in [0.25, 0.3) is 10.9 Å². The smallest absolute Gasteiger partial charge is 0.119 e. The highest BCUT2D eigenvalue weighted by Gasteiger charge is 2.06. The minimum Gasteiger partial charge on any atom is -0.497 e. The Kier molecular flexibility index (Phi) is 3.92. The van der Waals surface area contributed by atoms with Crippen molar-refractivity contribution < 1.29 is 4.74 Å². The summed E-state index contributed by atoms with van der Waals surface area (Å²) in [4.78, 5) is 2.22. The molecule has 18 heavy (non-hydrogen) atoms. The van der Waals surface area contributed by atoms with Gasteiger partial charge in [-0.3, -0.25) is 0 Å². The van der Waals surface area contributed by atoms with Crippen LogP contribution in [0.4, 0.5) is 0 Å². The van der Waals surface area contributed by atoms with Gasteiger partial charge in [0.2, 0.25) is 0 Å². The number of nitrogens with zero attached hydrogens (tertiary/aromatic N) is 2. The number of hydrogen-bond donors (Lipinski definition) is 0. The third-order valence-corrected chi connectivity index (χ3v) is 3.29. The van der Waals surface area contributed by atoms with Crippen LogP contribution in [0.5, 0.6) is 5.75 Å². The van der Waals surface area contributed by atoms with E-state index in [9.17, 15) is 0 Å². The van der Waals surface area contributed by atoms with Crippen LogP contribution in [0, 0.1) is 6.92 Å². The van der Waals surface area contributed by atoms with E-state index in [0.29, 0.717) is 0 Å². The summed E-state index contributed by atoms with van der Waals surface area (Å²) in [7, 11) is 5.94. The number of benzene rings is 1. The quantitative estimate of drug-likeness (QED) is 0.807. The molecule has 0 atom stereocenters. The second-order valence-corrected chi connectivity index (χ2v) is 5.05. The monoisotopic (exact) mass is 246 g/mol. The highest BCUT2D eigenvalue weighted by molar-refractivity contribution is 5.85. The lowest BCUT2D eigenvalue weighted by Gasteiger charge is -2.10. The van der Waals surface area contributed by atoms with Gasteiger partial charge in [-0.05, 0) is 57.7 Å². The van der Waals surface area contributed by atoms with Crippen molar-refractivity contribution in [3.8, 4) is 5.75 Å². The summed E-state index contributed by atoms with van der Waals surface area (Å²) in [6, 6.07) is 6.30. The van der Waals surface area contributed by atoms with Crippen molar-refractivity contribution in [1.29, 1.82) is 0 Å². The van der Waals surface area contributed by atoms with Crippen molar-refractivity contribution >= 4 is 10.9 Å². The van der Waals surface area contributed by atoms with E-state index >= 15 is 0 Å². The minimum atomic E-state index is 0.927. The molecular formula is C15H22N2O. The van der Waals surface area contributed by atoms with Gasteiger partial charge in [0.05, 0.1) is 7.11 Å². The Bertz CT molecular complexity index is 529. The number of aryl methyl sites for hydroxylation is 2. The molecule has 2 rings (SSSR count). The van der Waals surface area contributed by atoms with Gasteiger partial charge in [-0.25, -0.2) is 0 Å². The number of ether oxygens (including phenoxy) is 1. The molecule has 0 saturated heterocycles. The molecule has 3 nitrogen and oxygen atoms in total. The topological polar surface area (TPSA) is 17.4 Å². The lowest BCUT2D eigenvalue weighted by molar-refractivity contribution is 0.388. The first-order chi connectivity index (χ1) is 8.61. The van der Waals surface area contributed by atoms with Crippen LogP contribution >= 0.6 is 0 Å². The molecule has 1 aromatic heterocycles. The van der Waals surface area contributed by atoms with Crippen LogP contribution in [0.3, 0.4) is 0 Å². The number of aromatic nitrogens is 1. The van der Waals surface area contributed by atoms with E-state index in [4.69, 9.17) is 4.74 Å². The molecule has 0 unspecified atom stereocenters. The maximum atomic E-state index is 5.28. The molecule has 0 amide bonds. The largest absolute Gasteiger partial charge is 0.497 e. The third-order valence-electron chi connectivity index (χ3n) is 3.29. The van der Waals surface area contributed by atoms with Crippen molar-refractivity contribution in [2.75, 3.05) is 27.7 Å². The molecular weight excluding hydrogens is 224 g/mol. The lowest BCUT2D eigenvalue weighted by atomic mass is 10.2. The molecule has 2 aromatic rings. The van der Waals surface area contributed by atoms with Crippen molar-refractivity contribution in [3.05, 3.63) is 30.0 Å². The molecule has 0 bridgehead atoms.